The summed E-state index contributed by atoms with van der Waals surface area (Å²) in [5, 5.41) is 7.60. The van der Waals surface area contributed by atoms with Crippen molar-refractivity contribution in [2.24, 2.45) is 0 Å². The monoisotopic (exact) mass is 564 g/mol. The van der Waals surface area contributed by atoms with E-state index in [0.29, 0.717) is 5.56 Å². The van der Waals surface area contributed by atoms with Crippen LogP contribution in [0, 0.1) is 12.7 Å². The van der Waals surface area contributed by atoms with Crippen LogP contribution in [0.5, 0.6) is 0 Å². The molecule has 0 N–H and O–H groups in total. The lowest BCUT2D eigenvalue weighted by Crippen LogP contribution is -2.30. The summed E-state index contributed by atoms with van der Waals surface area (Å²) in [5.74, 6) is -1.43. The molecule has 2 heterocycles. The number of aromatic nitrogens is 4. The lowest BCUT2D eigenvalue weighted by Gasteiger charge is -2.22. The van der Waals surface area contributed by atoms with Crippen LogP contribution in [-0.4, -0.2) is 19.9 Å². The summed E-state index contributed by atoms with van der Waals surface area (Å²) in [6.45, 7) is 1.42. The molecule has 1 aliphatic carbocycles. The highest BCUT2D eigenvalue weighted by atomic mass is 19.4. The minimum atomic E-state index is -4.61. The van der Waals surface area contributed by atoms with Gasteiger partial charge in [0.25, 0.3) is 11.4 Å². The molecule has 1 aliphatic rings. The Morgan fingerprint density at radius 3 is 2.35 bits per heavy atom. The summed E-state index contributed by atoms with van der Waals surface area (Å²) in [4.78, 5) is 16.8. The summed E-state index contributed by atoms with van der Waals surface area (Å²) in [6, 6.07) is 12.8. The predicted octanol–water partition coefficient (Wildman–Crippen LogP) is 7.48. The molecular formula is C28H26F6N4O2. The molecule has 2 aromatic heterocycles. The van der Waals surface area contributed by atoms with E-state index in [1.54, 1.807) is 6.07 Å². The fourth-order valence-corrected chi connectivity index (χ4v) is 4.61. The van der Waals surface area contributed by atoms with Gasteiger partial charge in [-0.25, -0.2) is 9.07 Å². The van der Waals surface area contributed by atoms with E-state index in [1.807, 2.05) is 13.0 Å². The molecule has 1 saturated carbocycles. The molecule has 0 aliphatic heterocycles. The predicted molar refractivity (Wildman–Crippen MR) is 134 cm³/mol. The fourth-order valence-electron chi connectivity index (χ4n) is 4.61. The van der Waals surface area contributed by atoms with E-state index in [4.69, 9.17) is 0 Å². The van der Waals surface area contributed by atoms with E-state index < -0.39 is 36.2 Å². The number of nitrogens with zero attached hydrogens (tertiary/aromatic N) is 4. The average molecular weight is 565 g/mol. The summed E-state index contributed by atoms with van der Waals surface area (Å²) >= 11 is 0. The van der Waals surface area contributed by atoms with Gasteiger partial charge >= 0.3 is 12.6 Å². The van der Waals surface area contributed by atoms with Gasteiger partial charge in [0.05, 0.1) is 12.1 Å². The SMILES string of the molecule is Cc1cccc(F)c1.O=c1c(C2CCCCC2)cc(-c2noc(C(F)F)n2)nn1Cc1ccccc1C(F)(F)F. The molecule has 0 unspecified atom stereocenters. The van der Waals surface area contributed by atoms with Crippen LogP contribution in [0.25, 0.3) is 11.5 Å². The van der Waals surface area contributed by atoms with Gasteiger partial charge < -0.3 is 4.52 Å². The number of benzene rings is 2. The second-order valence-corrected chi connectivity index (χ2v) is 9.49. The zero-order valence-electron chi connectivity index (χ0n) is 21.5. The van der Waals surface area contributed by atoms with Gasteiger partial charge in [-0.3, -0.25) is 4.79 Å². The van der Waals surface area contributed by atoms with Crippen molar-refractivity contribution in [1.29, 1.82) is 0 Å². The van der Waals surface area contributed by atoms with Crippen LogP contribution in [0.4, 0.5) is 26.3 Å². The van der Waals surface area contributed by atoms with Crippen molar-refractivity contribution in [2.45, 2.75) is 64.1 Å². The van der Waals surface area contributed by atoms with Crippen LogP contribution in [0.1, 0.15) is 72.6 Å². The highest BCUT2D eigenvalue weighted by Gasteiger charge is 2.33. The molecule has 0 amide bonds. The van der Waals surface area contributed by atoms with Gasteiger partial charge in [0.1, 0.15) is 11.5 Å². The molecule has 0 bridgehead atoms. The van der Waals surface area contributed by atoms with E-state index in [9.17, 15) is 31.1 Å². The molecule has 12 heteroatoms. The zero-order valence-corrected chi connectivity index (χ0v) is 21.5. The minimum Gasteiger partial charge on any atom is -0.333 e. The second kappa shape index (κ2) is 12.5. The topological polar surface area (TPSA) is 73.8 Å². The van der Waals surface area contributed by atoms with E-state index >= 15 is 0 Å². The van der Waals surface area contributed by atoms with E-state index in [1.165, 1.54) is 36.4 Å². The fraction of sp³-hybridized carbons (Fsp3) is 0.357. The largest absolute Gasteiger partial charge is 0.416 e. The van der Waals surface area contributed by atoms with E-state index in [-0.39, 0.29) is 28.8 Å². The van der Waals surface area contributed by atoms with Crippen molar-refractivity contribution >= 4 is 0 Å². The lowest BCUT2D eigenvalue weighted by atomic mass is 9.84. The summed E-state index contributed by atoms with van der Waals surface area (Å²) < 4.78 is 83.7. The maximum absolute atomic E-state index is 13.4. The van der Waals surface area contributed by atoms with Crippen molar-refractivity contribution in [1.82, 2.24) is 19.9 Å². The van der Waals surface area contributed by atoms with Gasteiger partial charge in [-0.1, -0.05) is 54.8 Å². The first-order valence-electron chi connectivity index (χ1n) is 12.6. The molecule has 5 rings (SSSR count). The standard InChI is InChI=1S/C21H19F5N4O2.C7H7F/c22-17(23)19-27-18(29-32-19)16-10-14(12-6-2-1-3-7-12)20(31)30(28-16)11-13-8-4-5-9-15(13)21(24,25)26;1-6-3-2-4-7(8)5-6/h4-5,8-10,12,17H,1-3,6-7,11H2;2-5H,1H3. The van der Waals surface area contributed by atoms with Crippen LogP contribution in [0.15, 0.2) is 63.9 Å². The zero-order chi connectivity index (χ0) is 28.9. The van der Waals surface area contributed by atoms with Crippen LogP contribution < -0.4 is 5.56 Å². The van der Waals surface area contributed by atoms with Gasteiger partial charge in [-0.2, -0.15) is 32.0 Å². The highest BCUT2D eigenvalue weighted by molar-refractivity contribution is 5.49. The Morgan fingerprint density at radius 1 is 1.02 bits per heavy atom. The van der Waals surface area contributed by atoms with Crippen molar-refractivity contribution in [3.8, 4) is 11.5 Å². The number of halogens is 6. The summed E-state index contributed by atoms with van der Waals surface area (Å²) in [6.07, 6.45) is -3.25. The Labute approximate surface area is 225 Å². The Kier molecular flexibility index (Phi) is 9.06. The molecular weight excluding hydrogens is 538 g/mol. The number of hydrogen-bond acceptors (Lipinski definition) is 5. The van der Waals surface area contributed by atoms with Gasteiger partial charge in [-0.05, 0) is 61.1 Å². The van der Waals surface area contributed by atoms with E-state index in [2.05, 4.69) is 19.8 Å². The first-order chi connectivity index (χ1) is 19.0. The average Bonchev–Trinajstić information content (AvgIpc) is 3.41. The Hall–Kier alpha value is -3.96. The summed E-state index contributed by atoms with van der Waals surface area (Å²) in [5.41, 5.74) is -0.214. The minimum absolute atomic E-state index is 0.00897. The second-order valence-electron chi connectivity index (χ2n) is 9.49. The van der Waals surface area contributed by atoms with E-state index in [0.717, 1.165) is 48.4 Å². The number of alkyl halides is 5. The molecule has 0 spiro atoms. The Bertz CT molecular complexity index is 1480. The molecule has 1 fully saturated rings. The smallest absolute Gasteiger partial charge is 0.333 e. The normalized spacial score (nSPS) is 14.2. The Balaban J connectivity index is 0.000000398. The maximum Gasteiger partial charge on any atom is 0.416 e. The molecule has 4 aromatic rings. The molecule has 40 heavy (non-hydrogen) atoms. The number of aryl methyl sites for hydroxylation is 1. The molecule has 0 radical (unpaired) electrons. The first kappa shape index (κ1) is 29.0. The van der Waals surface area contributed by atoms with Crippen LogP contribution >= 0.6 is 0 Å². The molecule has 212 valence electrons. The van der Waals surface area contributed by atoms with Crippen molar-refractivity contribution < 1.29 is 30.9 Å². The van der Waals surface area contributed by atoms with Crippen LogP contribution in [0.2, 0.25) is 0 Å². The molecule has 6 nitrogen and oxygen atoms in total. The third-order valence-electron chi connectivity index (χ3n) is 6.53. The first-order valence-corrected chi connectivity index (χ1v) is 12.6. The van der Waals surface area contributed by atoms with Crippen molar-refractivity contribution in [2.75, 3.05) is 0 Å². The van der Waals surface area contributed by atoms with Crippen molar-refractivity contribution in [3.05, 3.63) is 98.9 Å². The third kappa shape index (κ3) is 7.16. The molecule has 2 aromatic carbocycles. The van der Waals surface area contributed by atoms with Crippen LogP contribution in [0.3, 0.4) is 0 Å². The molecule has 0 saturated heterocycles. The summed E-state index contributed by atoms with van der Waals surface area (Å²) in [7, 11) is 0. The maximum atomic E-state index is 13.4. The number of hydrogen-bond donors (Lipinski definition) is 0. The quantitative estimate of drug-likeness (QED) is 0.235. The highest BCUT2D eigenvalue weighted by Crippen LogP contribution is 2.34. The van der Waals surface area contributed by atoms with Gasteiger partial charge in [-0.15, -0.1) is 0 Å². The van der Waals surface area contributed by atoms with Crippen molar-refractivity contribution in [3.63, 3.8) is 0 Å². The third-order valence-corrected chi connectivity index (χ3v) is 6.53. The van der Waals surface area contributed by atoms with Gasteiger partial charge in [0, 0.05) is 5.56 Å². The van der Waals surface area contributed by atoms with Gasteiger partial charge in [0.15, 0.2) is 0 Å². The number of rotatable bonds is 5. The lowest BCUT2D eigenvalue weighted by molar-refractivity contribution is -0.138. The molecule has 0 atom stereocenters. The Morgan fingerprint density at radius 2 is 1.75 bits per heavy atom. The van der Waals surface area contributed by atoms with Crippen LogP contribution in [-0.2, 0) is 12.7 Å². The van der Waals surface area contributed by atoms with Gasteiger partial charge in [0.2, 0.25) is 5.82 Å².